The van der Waals surface area contributed by atoms with E-state index in [9.17, 15) is 14.7 Å². The SMILES string of the molecule is C[C@@H](C(=O)Nn1cccc1)N(Cc1ccccc1)C(=O)O. The normalized spacial score (nSPS) is 11.7. The summed E-state index contributed by atoms with van der Waals surface area (Å²) in [6.45, 7) is 1.73. The third kappa shape index (κ3) is 3.85. The van der Waals surface area contributed by atoms with Crippen molar-refractivity contribution < 1.29 is 14.7 Å². The van der Waals surface area contributed by atoms with Crippen LogP contribution in [0.5, 0.6) is 0 Å². The Hall–Kier alpha value is -2.76. The quantitative estimate of drug-likeness (QED) is 0.884. The molecule has 0 aliphatic carbocycles. The Labute approximate surface area is 122 Å². The van der Waals surface area contributed by atoms with Crippen LogP contribution in [0.1, 0.15) is 12.5 Å². The second kappa shape index (κ2) is 6.60. The number of hydrogen-bond acceptors (Lipinski definition) is 2. The van der Waals surface area contributed by atoms with E-state index in [2.05, 4.69) is 5.43 Å². The molecule has 0 fully saturated rings. The van der Waals surface area contributed by atoms with E-state index < -0.39 is 12.1 Å². The highest BCUT2D eigenvalue weighted by molar-refractivity contribution is 5.90. The summed E-state index contributed by atoms with van der Waals surface area (Å²) in [4.78, 5) is 24.6. The van der Waals surface area contributed by atoms with Gasteiger partial charge in [0.25, 0.3) is 5.91 Å². The lowest BCUT2D eigenvalue weighted by Crippen LogP contribution is -2.46. The van der Waals surface area contributed by atoms with Gasteiger partial charge in [-0.15, -0.1) is 0 Å². The third-order valence-corrected chi connectivity index (χ3v) is 3.13. The van der Waals surface area contributed by atoms with Gasteiger partial charge in [-0.05, 0) is 24.6 Å². The molecule has 1 aromatic heterocycles. The highest BCUT2D eigenvalue weighted by Gasteiger charge is 2.25. The third-order valence-electron chi connectivity index (χ3n) is 3.13. The second-order valence-corrected chi connectivity index (χ2v) is 4.64. The maximum absolute atomic E-state index is 12.1. The van der Waals surface area contributed by atoms with Crippen molar-refractivity contribution in [3.05, 3.63) is 60.4 Å². The summed E-state index contributed by atoms with van der Waals surface area (Å²) < 4.78 is 1.49. The molecule has 0 saturated carbocycles. The van der Waals surface area contributed by atoms with Crippen LogP contribution in [0.3, 0.4) is 0 Å². The molecule has 0 spiro atoms. The predicted octanol–water partition coefficient (Wildman–Crippen LogP) is 2.13. The number of rotatable bonds is 5. The van der Waals surface area contributed by atoms with Crippen LogP contribution in [0.25, 0.3) is 0 Å². The van der Waals surface area contributed by atoms with Crippen molar-refractivity contribution in [2.45, 2.75) is 19.5 Å². The molecule has 0 aliphatic rings. The number of amides is 2. The van der Waals surface area contributed by atoms with Crippen LogP contribution in [0.4, 0.5) is 4.79 Å². The number of carbonyl (C=O) groups is 2. The van der Waals surface area contributed by atoms with Crippen molar-refractivity contribution in [2.24, 2.45) is 0 Å². The van der Waals surface area contributed by atoms with Gasteiger partial charge in [0.15, 0.2) is 0 Å². The first-order valence-electron chi connectivity index (χ1n) is 6.55. The van der Waals surface area contributed by atoms with Gasteiger partial charge < -0.3 is 5.11 Å². The van der Waals surface area contributed by atoms with Gasteiger partial charge in [-0.1, -0.05) is 30.3 Å². The smallest absolute Gasteiger partial charge is 0.408 e. The Morgan fingerprint density at radius 2 is 1.81 bits per heavy atom. The molecule has 0 unspecified atom stereocenters. The van der Waals surface area contributed by atoms with E-state index in [1.807, 2.05) is 30.3 Å². The van der Waals surface area contributed by atoms with Crippen LogP contribution in [0, 0.1) is 0 Å². The Kier molecular flexibility index (Phi) is 4.61. The average Bonchev–Trinajstić information content (AvgIpc) is 2.97. The molecule has 0 aliphatic heterocycles. The summed E-state index contributed by atoms with van der Waals surface area (Å²) in [7, 11) is 0. The molecule has 2 amide bonds. The Morgan fingerprint density at radius 1 is 1.19 bits per heavy atom. The Balaban J connectivity index is 2.06. The summed E-state index contributed by atoms with van der Waals surface area (Å²) in [6.07, 6.45) is 2.22. The van der Waals surface area contributed by atoms with E-state index in [1.165, 1.54) is 4.68 Å². The number of aromatic nitrogens is 1. The molecule has 2 rings (SSSR count). The van der Waals surface area contributed by atoms with Crippen LogP contribution >= 0.6 is 0 Å². The van der Waals surface area contributed by atoms with E-state index in [0.717, 1.165) is 10.5 Å². The monoisotopic (exact) mass is 287 g/mol. The van der Waals surface area contributed by atoms with E-state index in [1.54, 1.807) is 31.5 Å². The summed E-state index contributed by atoms with van der Waals surface area (Å²) >= 11 is 0. The minimum Gasteiger partial charge on any atom is -0.465 e. The van der Waals surface area contributed by atoms with Crippen molar-refractivity contribution in [1.29, 1.82) is 0 Å². The molecule has 6 nitrogen and oxygen atoms in total. The van der Waals surface area contributed by atoms with Crippen LogP contribution in [-0.4, -0.2) is 32.7 Å². The molecular weight excluding hydrogens is 270 g/mol. The van der Waals surface area contributed by atoms with Crippen molar-refractivity contribution in [3.8, 4) is 0 Å². The largest absolute Gasteiger partial charge is 0.465 e. The summed E-state index contributed by atoms with van der Waals surface area (Å²) in [5.41, 5.74) is 3.45. The molecule has 6 heteroatoms. The molecule has 110 valence electrons. The first-order valence-corrected chi connectivity index (χ1v) is 6.55. The number of benzene rings is 1. The zero-order chi connectivity index (χ0) is 15.2. The lowest BCUT2D eigenvalue weighted by atomic mass is 10.2. The molecular formula is C15H17N3O3. The highest BCUT2D eigenvalue weighted by atomic mass is 16.4. The van der Waals surface area contributed by atoms with Crippen LogP contribution in [-0.2, 0) is 11.3 Å². The molecule has 1 atom stereocenters. The standard InChI is InChI=1S/C15H17N3O3/c1-12(14(19)16-17-9-5-6-10-17)18(15(20)21)11-13-7-3-2-4-8-13/h2-10,12H,11H2,1H3,(H,16,19)(H,20,21)/t12-/m0/s1. The molecule has 2 aromatic rings. The minimum atomic E-state index is -1.13. The van der Waals surface area contributed by atoms with Crippen molar-refractivity contribution in [1.82, 2.24) is 9.58 Å². The van der Waals surface area contributed by atoms with Crippen LogP contribution in [0.15, 0.2) is 54.9 Å². The van der Waals surface area contributed by atoms with Crippen molar-refractivity contribution in [2.75, 3.05) is 5.43 Å². The molecule has 0 radical (unpaired) electrons. The fraction of sp³-hybridized carbons (Fsp3) is 0.200. The maximum atomic E-state index is 12.1. The first-order chi connectivity index (χ1) is 10.1. The molecule has 1 aromatic carbocycles. The molecule has 0 bridgehead atoms. The zero-order valence-electron chi connectivity index (χ0n) is 11.6. The second-order valence-electron chi connectivity index (χ2n) is 4.64. The molecule has 21 heavy (non-hydrogen) atoms. The summed E-state index contributed by atoms with van der Waals surface area (Å²) in [5, 5.41) is 9.32. The number of carbonyl (C=O) groups excluding carboxylic acids is 1. The van der Waals surface area contributed by atoms with E-state index >= 15 is 0 Å². The van der Waals surface area contributed by atoms with Gasteiger partial charge in [-0.3, -0.25) is 19.8 Å². The number of nitrogens with one attached hydrogen (secondary N) is 1. The van der Waals surface area contributed by atoms with Gasteiger partial charge in [0, 0.05) is 18.9 Å². The molecule has 0 saturated heterocycles. The average molecular weight is 287 g/mol. The fourth-order valence-corrected chi connectivity index (χ4v) is 1.92. The van der Waals surface area contributed by atoms with E-state index in [-0.39, 0.29) is 12.5 Å². The predicted molar refractivity (Wildman–Crippen MR) is 78.3 cm³/mol. The number of carboxylic acid groups (broad SMARTS) is 1. The van der Waals surface area contributed by atoms with Crippen LogP contribution in [0.2, 0.25) is 0 Å². The zero-order valence-corrected chi connectivity index (χ0v) is 11.6. The van der Waals surface area contributed by atoms with Crippen molar-refractivity contribution >= 4 is 12.0 Å². The van der Waals surface area contributed by atoms with E-state index in [0.29, 0.717) is 0 Å². The number of hydrogen-bond donors (Lipinski definition) is 2. The first kappa shape index (κ1) is 14.6. The lowest BCUT2D eigenvalue weighted by molar-refractivity contribution is -0.121. The van der Waals surface area contributed by atoms with Gasteiger partial charge in [-0.25, -0.2) is 4.79 Å². The van der Waals surface area contributed by atoms with Gasteiger partial charge in [0.1, 0.15) is 6.04 Å². The maximum Gasteiger partial charge on any atom is 0.408 e. The summed E-state index contributed by atoms with van der Waals surface area (Å²) in [6, 6.07) is 11.9. The van der Waals surface area contributed by atoms with Crippen molar-refractivity contribution in [3.63, 3.8) is 0 Å². The van der Waals surface area contributed by atoms with Gasteiger partial charge in [0.2, 0.25) is 0 Å². The van der Waals surface area contributed by atoms with Gasteiger partial charge in [0.05, 0.1) is 0 Å². The number of nitrogens with zero attached hydrogens (tertiary/aromatic N) is 2. The van der Waals surface area contributed by atoms with E-state index in [4.69, 9.17) is 0 Å². The fourth-order valence-electron chi connectivity index (χ4n) is 1.92. The summed E-state index contributed by atoms with van der Waals surface area (Å²) in [5.74, 6) is -0.385. The Morgan fingerprint density at radius 3 is 2.38 bits per heavy atom. The molecule has 2 N–H and O–H groups in total. The minimum absolute atomic E-state index is 0.163. The topological polar surface area (TPSA) is 74.6 Å². The van der Waals surface area contributed by atoms with Gasteiger partial charge in [-0.2, -0.15) is 0 Å². The molecule has 1 heterocycles. The Bertz CT molecular complexity index is 596. The highest BCUT2D eigenvalue weighted by Crippen LogP contribution is 2.09. The van der Waals surface area contributed by atoms with Crippen LogP contribution < -0.4 is 5.43 Å². The van der Waals surface area contributed by atoms with Gasteiger partial charge >= 0.3 is 6.09 Å². The lowest BCUT2D eigenvalue weighted by Gasteiger charge is -2.25.